The summed E-state index contributed by atoms with van der Waals surface area (Å²) in [5.74, 6) is 0.888. The van der Waals surface area contributed by atoms with Crippen LogP contribution >= 0.6 is 0 Å². The zero-order valence-electron chi connectivity index (χ0n) is 16.7. The standard InChI is InChI=1S/C23H22N6O/c1-27-11-8-21(26-27)23(30)29-15-18-6-2-3-7-19(18)20(16-29)22-25-10-12-28(22)14-17-5-4-9-24-13-17/h2-13,20H,14-16H2,1H3/t20-/m0/s1. The van der Waals surface area contributed by atoms with Gasteiger partial charge in [-0.2, -0.15) is 5.10 Å². The molecule has 1 aliphatic rings. The van der Waals surface area contributed by atoms with E-state index in [1.165, 1.54) is 5.56 Å². The molecular weight excluding hydrogens is 376 g/mol. The van der Waals surface area contributed by atoms with E-state index in [2.05, 4.69) is 38.9 Å². The fraction of sp³-hybridized carbons (Fsp3) is 0.217. The second-order valence-electron chi connectivity index (χ2n) is 7.59. The van der Waals surface area contributed by atoms with Crippen LogP contribution in [0.5, 0.6) is 0 Å². The summed E-state index contributed by atoms with van der Waals surface area (Å²) in [6.45, 7) is 1.83. The van der Waals surface area contributed by atoms with E-state index in [9.17, 15) is 4.79 Å². The highest BCUT2D eigenvalue weighted by atomic mass is 16.2. The second-order valence-corrected chi connectivity index (χ2v) is 7.59. The lowest BCUT2D eigenvalue weighted by atomic mass is 9.88. The Labute approximate surface area is 174 Å². The smallest absolute Gasteiger partial charge is 0.274 e. The molecule has 0 N–H and O–H groups in total. The Balaban J connectivity index is 1.50. The lowest BCUT2D eigenvalue weighted by Crippen LogP contribution is -2.39. The first kappa shape index (κ1) is 18.3. The second kappa shape index (κ2) is 7.59. The van der Waals surface area contributed by atoms with Crippen LogP contribution in [0.2, 0.25) is 0 Å². The largest absolute Gasteiger partial charge is 0.332 e. The number of carbonyl (C=O) groups is 1. The molecule has 0 saturated heterocycles. The topological polar surface area (TPSA) is 68.8 Å². The van der Waals surface area contributed by atoms with Gasteiger partial charge in [0.2, 0.25) is 0 Å². The van der Waals surface area contributed by atoms with Crippen LogP contribution in [-0.4, -0.2) is 41.7 Å². The van der Waals surface area contributed by atoms with E-state index >= 15 is 0 Å². The van der Waals surface area contributed by atoms with Gasteiger partial charge in [-0.1, -0.05) is 30.3 Å². The maximum atomic E-state index is 13.1. The highest BCUT2D eigenvalue weighted by Crippen LogP contribution is 2.33. The van der Waals surface area contributed by atoms with E-state index < -0.39 is 0 Å². The van der Waals surface area contributed by atoms with Crippen molar-refractivity contribution in [3.8, 4) is 0 Å². The van der Waals surface area contributed by atoms with E-state index in [1.807, 2.05) is 42.7 Å². The number of hydrogen-bond donors (Lipinski definition) is 0. The maximum Gasteiger partial charge on any atom is 0.274 e. The molecule has 1 aromatic carbocycles. The Hall–Kier alpha value is -3.74. The number of hydrogen-bond acceptors (Lipinski definition) is 4. The van der Waals surface area contributed by atoms with Crippen LogP contribution < -0.4 is 0 Å². The van der Waals surface area contributed by atoms with Crippen LogP contribution in [0.15, 0.2) is 73.4 Å². The molecule has 0 bridgehead atoms. The fourth-order valence-electron chi connectivity index (χ4n) is 4.13. The van der Waals surface area contributed by atoms with Gasteiger partial charge in [0.15, 0.2) is 0 Å². The summed E-state index contributed by atoms with van der Waals surface area (Å²) in [7, 11) is 1.82. The lowest BCUT2D eigenvalue weighted by molar-refractivity contribution is 0.0716. The number of carbonyl (C=O) groups excluding carboxylic acids is 1. The number of imidazole rings is 1. The van der Waals surface area contributed by atoms with Crippen molar-refractivity contribution in [3.05, 3.63) is 102 Å². The highest BCUT2D eigenvalue weighted by Gasteiger charge is 2.32. The Bertz CT molecular complexity index is 1180. The summed E-state index contributed by atoms with van der Waals surface area (Å²) in [6, 6.07) is 14.1. The van der Waals surface area contributed by atoms with Gasteiger partial charge in [-0.25, -0.2) is 4.98 Å². The fourth-order valence-corrected chi connectivity index (χ4v) is 4.13. The molecule has 0 spiro atoms. The summed E-state index contributed by atoms with van der Waals surface area (Å²) >= 11 is 0. The minimum absolute atomic E-state index is 0.00529. The third-order valence-electron chi connectivity index (χ3n) is 5.55. The summed E-state index contributed by atoms with van der Waals surface area (Å²) in [6.07, 6.45) is 9.26. The molecule has 1 amide bonds. The average Bonchev–Trinajstić information content (AvgIpc) is 3.42. The van der Waals surface area contributed by atoms with Gasteiger partial charge in [0.25, 0.3) is 5.91 Å². The van der Waals surface area contributed by atoms with Crippen LogP contribution in [0, 0.1) is 0 Å². The summed E-state index contributed by atoms with van der Waals surface area (Å²) in [5, 5.41) is 4.30. The zero-order valence-corrected chi connectivity index (χ0v) is 16.7. The molecule has 4 heterocycles. The molecule has 1 aliphatic heterocycles. The van der Waals surface area contributed by atoms with Crippen LogP contribution in [0.25, 0.3) is 0 Å². The van der Waals surface area contributed by atoms with E-state index in [0.29, 0.717) is 25.3 Å². The van der Waals surface area contributed by atoms with Gasteiger partial charge >= 0.3 is 0 Å². The SMILES string of the molecule is Cn1ccc(C(=O)N2Cc3ccccc3[C@@H](c3nccn3Cc3cccnc3)C2)n1. The molecule has 0 aliphatic carbocycles. The van der Waals surface area contributed by atoms with E-state index in [1.54, 1.807) is 23.1 Å². The van der Waals surface area contributed by atoms with Crippen LogP contribution in [0.3, 0.4) is 0 Å². The number of nitrogens with zero attached hydrogens (tertiary/aromatic N) is 6. The third-order valence-corrected chi connectivity index (χ3v) is 5.55. The van der Waals surface area contributed by atoms with Gasteiger partial charge in [0.1, 0.15) is 11.5 Å². The molecular formula is C23H22N6O. The number of aryl methyl sites for hydroxylation is 1. The van der Waals surface area contributed by atoms with E-state index in [-0.39, 0.29) is 11.8 Å². The predicted octanol–water partition coefficient (Wildman–Crippen LogP) is 2.85. The Kier molecular flexibility index (Phi) is 4.63. The number of fused-ring (bicyclic) bond motifs is 1. The van der Waals surface area contributed by atoms with Crippen LogP contribution in [-0.2, 0) is 20.1 Å². The molecule has 30 heavy (non-hydrogen) atoms. The Morgan fingerprint density at radius 2 is 2.00 bits per heavy atom. The Morgan fingerprint density at radius 3 is 2.80 bits per heavy atom. The maximum absolute atomic E-state index is 13.1. The molecule has 0 unspecified atom stereocenters. The first-order chi connectivity index (χ1) is 14.7. The molecule has 3 aromatic heterocycles. The molecule has 150 valence electrons. The van der Waals surface area contributed by atoms with Gasteiger partial charge in [-0.3, -0.25) is 14.5 Å². The lowest BCUT2D eigenvalue weighted by Gasteiger charge is -2.34. The quantitative estimate of drug-likeness (QED) is 0.530. The van der Waals surface area contributed by atoms with Crippen LogP contribution in [0.1, 0.15) is 38.9 Å². The molecule has 1 atom stereocenters. The predicted molar refractivity (Wildman–Crippen MR) is 112 cm³/mol. The average molecular weight is 398 g/mol. The van der Waals surface area contributed by atoms with Crippen molar-refractivity contribution in [2.24, 2.45) is 7.05 Å². The molecule has 0 fully saturated rings. The molecule has 7 nitrogen and oxygen atoms in total. The highest BCUT2D eigenvalue weighted by molar-refractivity contribution is 5.92. The Morgan fingerprint density at radius 1 is 1.10 bits per heavy atom. The third kappa shape index (κ3) is 3.39. The number of amides is 1. The van der Waals surface area contributed by atoms with Crippen molar-refractivity contribution in [2.45, 2.75) is 19.0 Å². The molecule has 0 radical (unpaired) electrons. The van der Waals surface area contributed by atoms with Crippen molar-refractivity contribution in [1.29, 1.82) is 0 Å². The van der Waals surface area contributed by atoms with Gasteiger partial charge in [0.05, 0.1) is 12.5 Å². The van der Waals surface area contributed by atoms with Gasteiger partial charge < -0.3 is 9.47 Å². The van der Waals surface area contributed by atoms with Gasteiger partial charge in [0, 0.05) is 51.1 Å². The number of pyridine rings is 1. The summed E-state index contributed by atoms with van der Waals surface area (Å²) in [5.41, 5.74) is 3.95. The number of benzene rings is 1. The number of rotatable bonds is 4. The van der Waals surface area contributed by atoms with Crippen molar-refractivity contribution < 1.29 is 4.79 Å². The summed E-state index contributed by atoms with van der Waals surface area (Å²) in [4.78, 5) is 23.9. The number of aromatic nitrogens is 5. The van der Waals surface area contributed by atoms with E-state index in [0.717, 1.165) is 17.0 Å². The minimum Gasteiger partial charge on any atom is -0.332 e. The normalized spacial score (nSPS) is 15.8. The van der Waals surface area contributed by atoms with E-state index in [4.69, 9.17) is 4.98 Å². The molecule has 5 rings (SSSR count). The van der Waals surface area contributed by atoms with Gasteiger partial charge in [-0.15, -0.1) is 0 Å². The monoisotopic (exact) mass is 398 g/mol. The molecule has 7 heteroatoms. The molecule has 4 aromatic rings. The van der Waals surface area contributed by atoms with Crippen molar-refractivity contribution in [2.75, 3.05) is 6.54 Å². The minimum atomic E-state index is -0.0551. The first-order valence-corrected chi connectivity index (χ1v) is 9.95. The van der Waals surface area contributed by atoms with Crippen molar-refractivity contribution in [3.63, 3.8) is 0 Å². The molecule has 0 saturated carbocycles. The van der Waals surface area contributed by atoms with Crippen molar-refractivity contribution in [1.82, 2.24) is 29.2 Å². The van der Waals surface area contributed by atoms with Crippen LogP contribution in [0.4, 0.5) is 0 Å². The zero-order chi connectivity index (χ0) is 20.5. The first-order valence-electron chi connectivity index (χ1n) is 9.95. The van der Waals surface area contributed by atoms with Crippen molar-refractivity contribution >= 4 is 5.91 Å². The van der Waals surface area contributed by atoms with Gasteiger partial charge in [-0.05, 0) is 28.8 Å². The summed E-state index contributed by atoms with van der Waals surface area (Å²) < 4.78 is 3.80.